The average Bonchev–Trinajstić information content (AvgIpc) is 2.46. The van der Waals surface area contributed by atoms with Crippen LogP contribution in [0.3, 0.4) is 0 Å². The number of rotatable bonds is 4. The fourth-order valence-corrected chi connectivity index (χ4v) is 2.15. The van der Waals surface area contributed by atoms with Crippen LogP contribution >= 0.6 is 11.6 Å². The Balaban J connectivity index is 2.38. The fraction of sp³-hybridized carbons (Fsp3) is 0.200. The van der Waals surface area contributed by atoms with Gasteiger partial charge in [0, 0.05) is 17.8 Å². The summed E-state index contributed by atoms with van der Waals surface area (Å²) in [5, 5.41) is 9.69. The lowest BCUT2D eigenvalue weighted by Gasteiger charge is -2.22. The SMILES string of the molecule is COc1ccccc1N(C)c1ccc(CO)c(Cl)c1. The van der Waals surface area contributed by atoms with Crippen molar-refractivity contribution in [3.05, 3.63) is 53.1 Å². The van der Waals surface area contributed by atoms with Crippen LogP contribution in [0.25, 0.3) is 0 Å². The van der Waals surface area contributed by atoms with Gasteiger partial charge < -0.3 is 14.7 Å². The maximum atomic E-state index is 9.13. The molecule has 0 aliphatic rings. The Kier molecular flexibility index (Phi) is 4.30. The minimum absolute atomic E-state index is 0.0580. The minimum Gasteiger partial charge on any atom is -0.495 e. The van der Waals surface area contributed by atoms with Crippen molar-refractivity contribution in [3.63, 3.8) is 0 Å². The van der Waals surface area contributed by atoms with Crippen LogP contribution in [0.2, 0.25) is 5.02 Å². The summed E-state index contributed by atoms with van der Waals surface area (Å²) in [6, 6.07) is 13.4. The number of hydrogen-bond acceptors (Lipinski definition) is 3. The predicted octanol–water partition coefficient (Wildman–Crippen LogP) is 3.61. The number of halogens is 1. The Morgan fingerprint density at radius 2 is 1.95 bits per heavy atom. The van der Waals surface area contributed by atoms with Crippen molar-refractivity contribution in [2.45, 2.75) is 6.61 Å². The molecule has 0 saturated heterocycles. The van der Waals surface area contributed by atoms with E-state index in [9.17, 15) is 0 Å². The van der Waals surface area contributed by atoms with Gasteiger partial charge in [-0.05, 0) is 29.8 Å². The van der Waals surface area contributed by atoms with Crippen molar-refractivity contribution in [2.24, 2.45) is 0 Å². The number of hydrogen-bond donors (Lipinski definition) is 1. The quantitative estimate of drug-likeness (QED) is 0.927. The van der Waals surface area contributed by atoms with E-state index in [1.54, 1.807) is 7.11 Å². The highest BCUT2D eigenvalue weighted by atomic mass is 35.5. The Morgan fingerprint density at radius 3 is 2.58 bits per heavy atom. The van der Waals surface area contributed by atoms with Gasteiger partial charge in [0.15, 0.2) is 0 Å². The van der Waals surface area contributed by atoms with Crippen LogP contribution < -0.4 is 9.64 Å². The number of anilines is 2. The number of para-hydroxylation sites is 2. The van der Waals surface area contributed by atoms with Gasteiger partial charge in [-0.25, -0.2) is 0 Å². The summed E-state index contributed by atoms with van der Waals surface area (Å²) in [6.07, 6.45) is 0. The highest BCUT2D eigenvalue weighted by Gasteiger charge is 2.10. The first-order chi connectivity index (χ1) is 9.17. The Hall–Kier alpha value is -1.71. The summed E-state index contributed by atoms with van der Waals surface area (Å²) in [4.78, 5) is 1.99. The highest BCUT2D eigenvalue weighted by molar-refractivity contribution is 6.31. The van der Waals surface area contributed by atoms with Crippen molar-refractivity contribution in [3.8, 4) is 5.75 Å². The molecule has 0 heterocycles. The molecule has 0 spiro atoms. The van der Waals surface area contributed by atoms with Gasteiger partial charge in [-0.3, -0.25) is 0 Å². The zero-order chi connectivity index (χ0) is 13.8. The maximum absolute atomic E-state index is 9.13. The molecule has 0 bridgehead atoms. The third-order valence-corrected chi connectivity index (χ3v) is 3.39. The van der Waals surface area contributed by atoms with E-state index < -0.39 is 0 Å². The van der Waals surface area contributed by atoms with Crippen LogP contribution in [0.4, 0.5) is 11.4 Å². The van der Waals surface area contributed by atoms with E-state index in [2.05, 4.69) is 0 Å². The average molecular weight is 278 g/mol. The number of aliphatic hydroxyl groups excluding tert-OH is 1. The predicted molar refractivity (Wildman–Crippen MR) is 78.4 cm³/mol. The molecule has 0 aliphatic carbocycles. The molecule has 2 aromatic rings. The van der Waals surface area contributed by atoms with Gasteiger partial charge in [-0.1, -0.05) is 29.8 Å². The van der Waals surface area contributed by atoms with Gasteiger partial charge in [-0.15, -0.1) is 0 Å². The van der Waals surface area contributed by atoms with Gasteiger partial charge in [0.2, 0.25) is 0 Å². The molecule has 0 fully saturated rings. The molecule has 2 rings (SSSR count). The van der Waals surface area contributed by atoms with Gasteiger partial charge in [0.25, 0.3) is 0 Å². The first-order valence-electron chi connectivity index (χ1n) is 5.93. The molecule has 1 N–H and O–H groups in total. The molecule has 0 radical (unpaired) electrons. The lowest BCUT2D eigenvalue weighted by Crippen LogP contribution is -2.10. The first kappa shape index (κ1) is 13.7. The Morgan fingerprint density at radius 1 is 1.21 bits per heavy atom. The fourth-order valence-electron chi connectivity index (χ4n) is 1.92. The first-order valence-corrected chi connectivity index (χ1v) is 6.31. The van der Waals surface area contributed by atoms with E-state index in [0.29, 0.717) is 5.02 Å². The number of ether oxygens (including phenoxy) is 1. The topological polar surface area (TPSA) is 32.7 Å². The summed E-state index contributed by atoms with van der Waals surface area (Å²) in [7, 11) is 3.59. The van der Waals surface area contributed by atoms with E-state index in [0.717, 1.165) is 22.7 Å². The zero-order valence-electron chi connectivity index (χ0n) is 10.9. The zero-order valence-corrected chi connectivity index (χ0v) is 11.7. The van der Waals surface area contributed by atoms with Crippen molar-refractivity contribution in [2.75, 3.05) is 19.1 Å². The van der Waals surface area contributed by atoms with E-state index in [-0.39, 0.29) is 6.61 Å². The summed E-state index contributed by atoms with van der Waals surface area (Å²) in [6.45, 7) is -0.0580. The van der Waals surface area contributed by atoms with E-state index in [4.69, 9.17) is 21.4 Å². The molecule has 0 amide bonds. The largest absolute Gasteiger partial charge is 0.495 e. The molecular formula is C15H16ClNO2. The summed E-state index contributed by atoms with van der Waals surface area (Å²) in [5.41, 5.74) is 2.61. The summed E-state index contributed by atoms with van der Waals surface area (Å²) >= 11 is 6.12. The number of aliphatic hydroxyl groups is 1. The third-order valence-electron chi connectivity index (χ3n) is 3.04. The minimum atomic E-state index is -0.0580. The Bertz CT molecular complexity index is 572. The van der Waals surface area contributed by atoms with Crippen LogP contribution in [0.5, 0.6) is 5.75 Å². The van der Waals surface area contributed by atoms with Crippen molar-refractivity contribution < 1.29 is 9.84 Å². The standard InChI is InChI=1S/C15H16ClNO2/c1-17(14-5-3-4-6-15(14)19-2)12-8-7-11(10-18)13(16)9-12/h3-9,18H,10H2,1-2H3. The molecule has 3 nitrogen and oxygen atoms in total. The van der Waals surface area contributed by atoms with E-state index in [1.165, 1.54) is 0 Å². The summed E-state index contributed by atoms with van der Waals surface area (Å²) in [5.74, 6) is 0.798. The van der Waals surface area contributed by atoms with Crippen LogP contribution in [0, 0.1) is 0 Å². The van der Waals surface area contributed by atoms with Gasteiger partial charge in [0.1, 0.15) is 5.75 Å². The van der Waals surface area contributed by atoms with Crippen molar-refractivity contribution in [1.82, 2.24) is 0 Å². The molecule has 0 saturated carbocycles. The number of benzene rings is 2. The van der Waals surface area contributed by atoms with Gasteiger partial charge in [-0.2, -0.15) is 0 Å². The number of methoxy groups -OCH3 is 1. The van der Waals surface area contributed by atoms with Crippen LogP contribution in [0.15, 0.2) is 42.5 Å². The Labute approximate surface area is 118 Å². The molecule has 0 aliphatic heterocycles. The molecular weight excluding hydrogens is 262 g/mol. The molecule has 19 heavy (non-hydrogen) atoms. The molecule has 0 unspecified atom stereocenters. The van der Waals surface area contributed by atoms with Crippen LogP contribution in [-0.2, 0) is 6.61 Å². The molecule has 4 heteroatoms. The lowest BCUT2D eigenvalue weighted by atomic mass is 10.2. The third kappa shape index (κ3) is 2.83. The molecule has 0 aromatic heterocycles. The van der Waals surface area contributed by atoms with Gasteiger partial charge in [0.05, 0.1) is 19.4 Å². The second-order valence-electron chi connectivity index (χ2n) is 4.16. The lowest BCUT2D eigenvalue weighted by molar-refractivity contribution is 0.282. The normalized spacial score (nSPS) is 10.3. The van der Waals surface area contributed by atoms with E-state index in [1.807, 2.05) is 54.4 Å². The van der Waals surface area contributed by atoms with Crippen LogP contribution in [0.1, 0.15) is 5.56 Å². The summed E-state index contributed by atoms with van der Waals surface area (Å²) < 4.78 is 5.35. The smallest absolute Gasteiger partial charge is 0.142 e. The highest BCUT2D eigenvalue weighted by Crippen LogP contribution is 2.33. The second kappa shape index (κ2) is 5.95. The van der Waals surface area contributed by atoms with Gasteiger partial charge >= 0.3 is 0 Å². The van der Waals surface area contributed by atoms with Crippen molar-refractivity contribution >= 4 is 23.0 Å². The second-order valence-corrected chi connectivity index (χ2v) is 4.57. The maximum Gasteiger partial charge on any atom is 0.142 e. The van der Waals surface area contributed by atoms with Crippen LogP contribution in [-0.4, -0.2) is 19.3 Å². The monoisotopic (exact) mass is 277 g/mol. The number of nitrogens with zero attached hydrogens (tertiary/aromatic N) is 1. The van der Waals surface area contributed by atoms with E-state index >= 15 is 0 Å². The van der Waals surface area contributed by atoms with Crippen molar-refractivity contribution in [1.29, 1.82) is 0 Å². The molecule has 100 valence electrons. The molecule has 0 atom stereocenters. The molecule has 2 aromatic carbocycles.